The Balaban J connectivity index is 2.11. The number of aromatic nitrogens is 2. The molecule has 0 aliphatic carbocycles. The largest absolute Gasteiger partial charge is 0.462 e. The van der Waals surface area contributed by atoms with Crippen LogP contribution in [-0.4, -0.2) is 21.6 Å². The Morgan fingerprint density at radius 2 is 1.92 bits per heavy atom. The Hall–Kier alpha value is -2.47. The molecule has 0 radical (unpaired) electrons. The minimum Gasteiger partial charge on any atom is -0.462 e. The van der Waals surface area contributed by atoms with Gasteiger partial charge < -0.3 is 4.74 Å². The van der Waals surface area contributed by atoms with Crippen LogP contribution < -0.4 is 5.56 Å². The summed E-state index contributed by atoms with van der Waals surface area (Å²) in [6.07, 6.45) is 1.20. The average molecular weight is 356 g/mol. The second kappa shape index (κ2) is 6.80. The third-order valence-corrected chi connectivity index (χ3v) is 4.87. The molecule has 0 amide bonds. The van der Waals surface area contributed by atoms with Crippen LogP contribution in [0.5, 0.6) is 0 Å². The van der Waals surface area contributed by atoms with Crippen LogP contribution in [0.1, 0.15) is 24.3 Å². The predicted octanol–water partition coefficient (Wildman–Crippen LogP) is 3.69. The summed E-state index contributed by atoms with van der Waals surface area (Å²) in [5, 5.41) is 0.561. The Kier molecular flexibility index (Phi) is 4.72. The molecule has 130 valence electrons. The van der Waals surface area contributed by atoms with Gasteiger partial charge in [0.05, 0.1) is 17.8 Å². The molecule has 0 saturated carbocycles. The summed E-state index contributed by atoms with van der Waals surface area (Å²) in [7, 11) is 0. The maximum absolute atomic E-state index is 12.9. The van der Waals surface area contributed by atoms with Crippen molar-refractivity contribution in [1.82, 2.24) is 9.55 Å². The average Bonchev–Trinajstić information content (AvgIpc) is 2.87. The number of rotatable bonds is 4. The van der Waals surface area contributed by atoms with Crippen molar-refractivity contribution in [2.45, 2.75) is 40.3 Å². The van der Waals surface area contributed by atoms with Gasteiger partial charge in [-0.3, -0.25) is 14.2 Å². The summed E-state index contributed by atoms with van der Waals surface area (Å²) in [6, 6.07) is 8.06. The second-order valence-corrected chi connectivity index (χ2v) is 7.50. The first-order chi connectivity index (χ1) is 11.9. The highest BCUT2D eigenvalue weighted by Crippen LogP contribution is 2.35. The molecule has 0 bridgehead atoms. The molecule has 0 saturated heterocycles. The number of hydrogen-bond acceptors (Lipinski definition) is 5. The zero-order chi connectivity index (χ0) is 18.1. The van der Waals surface area contributed by atoms with Gasteiger partial charge in [-0.25, -0.2) is 4.98 Å². The molecule has 3 aromatic rings. The summed E-state index contributed by atoms with van der Waals surface area (Å²) >= 11 is 1.49. The second-order valence-electron chi connectivity index (χ2n) is 6.30. The smallest absolute Gasteiger partial charge is 0.326 e. The number of esters is 1. The topological polar surface area (TPSA) is 61.2 Å². The van der Waals surface area contributed by atoms with E-state index in [0.29, 0.717) is 10.2 Å². The number of fused-ring (bicyclic) bond motifs is 1. The van der Waals surface area contributed by atoms with Gasteiger partial charge in [-0.15, -0.1) is 11.3 Å². The van der Waals surface area contributed by atoms with Gasteiger partial charge in [-0.2, -0.15) is 0 Å². The molecule has 1 aromatic carbocycles. The van der Waals surface area contributed by atoms with E-state index >= 15 is 0 Å². The maximum Gasteiger partial charge on any atom is 0.326 e. The molecule has 6 heteroatoms. The summed E-state index contributed by atoms with van der Waals surface area (Å²) in [4.78, 5) is 30.9. The van der Waals surface area contributed by atoms with Crippen LogP contribution >= 0.6 is 11.3 Å². The van der Waals surface area contributed by atoms with Crippen LogP contribution in [0.4, 0.5) is 0 Å². The van der Waals surface area contributed by atoms with E-state index in [1.165, 1.54) is 22.2 Å². The van der Waals surface area contributed by atoms with Crippen molar-refractivity contribution >= 4 is 27.5 Å². The third-order valence-electron chi connectivity index (χ3n) is 3.86. The first kappa shape index (κ1) is 17.4. The van der Waals surface area contributed by atoms with E-state index in [0.717, 1.165) is 21.6 Å². The van der Waals surface area contributed by atoms with Crippen LogP contribution in [0.25, 0.3) is 21.3 Å². The lowest BCUT2D eigenvalue weighted by Gasteiger charge is -2.09. The van der Waals surface area contributed by atoms with Crippen LogP contribution in [0.15, 0.2) is 35.4 Å². The highest BCUT2D eigenvalue weighted by molar-refractivity contribution is 7.19. The molecule has 0 fully saturated rings. The van der Waals surface area contributed by atoms with Gasteiger partial charge in [0, 0.05) is 10.4 Å². The van der Waals surface area contributed by atoms with E-state index in [1.54, 1.807) is 13.8 Å². The fourth-order valence-electron chi connectivity index (χ4n) is 2.76. The van der Waals surface area contributed by atoms with E-state index in [-0.39, 0.29) is 18.2 Å². The molecule has 25 heavy (non-hydrogen) atoms. The van der Waals surface area contributed by atoms with E-state index in [4.69, 9.17) is 4.74 Å². The number of ether oxygens (including phenoxy) is 1. The monoisotopic (exact) mass is 356 g/mol. The van der Waals surface area contributed by atoms with E-state index in [1.807, 2.05) is 38.1 Å². The van der Waals surface area contributed by atoms with Crippen LogP contribution in [0.2, 0.25) is 0 Å². The Bertz CT molecular complexity index is 984. The molecule has 0 aliphatic rings. The van der Waals surface area contributed by atoms with Gasteiger partial charge in [-0.05, 0) is 33.3 Å². The fourth-order valence-corrected chi connectivity index (χ4v) is 3.76. The first-order valence-corrected chi connectivity index (χ1v) is 8.93. The van der Waals surface area contributed by atoms with Gasteiger partial charge >= 0.3 is 5.97 Å². The molecule has 2 heterocycles. The quantitative estimate of drug-likeness (QED) is 0.669. The normalized spacial score (nSPS) is 11.2. The molecular weight excluding hydrogens is 336 g/mol. The summed E-state index contributed by atoms with van der Waals surface area (Å²) in [5.74, 6) is -0.443. The van der Waals surface area contributed by atoms with Crippen LogP contribution in [-0.2, 0) is 16.1 Å². The number of nitrogens with zero attached hydrogens (tertiary/aromatic N) is 2. The number of carbonyl (C=O) groups is 1. The standard InChI is InChI=1S/C19H20N2O3S/c1-11(2)24-15(22)9-21-10-20-18-17(19(21)23)16(13(4)25-18)14-7-5-12(3)6-8-14/h5-8,10-11H,9H2,1-4H3. The van der Waals surface area contributed by atoms with Crippen molar-refractivity contribution in [2.24, 2.45) is 0 Å². The zero-order valence-corrected chi connectivity index (χ0v) is 15.5. The molecule has 0 atom stereocenters. The van der Waals surface area contributed by atoms with Crippen molar-refractivity contribution in [3.8, 4) is 11.1 Å². The molecule has 3 rings (SSSR count). The summed E-state index contributed by atoms with van der Waals surface area (Å²) in [5.41, 5.74) is 2.82. The Morgan fingerprint density at radius 1 is 1.24 bits per heavy atom. The number of benzene rings is 1. The zero-order valence-electron chi connectivity index (χ0n) is 14.7. The fraction of sp³-hybridized carbons (Fsp3) is 0.316. The van der Waals surface area contributed by atoms with E-state index in [9.17, 15) is 9.59 Å². The molecule has 0 N–H and O–H groups in total. The van der Waals surface area contributed by atoms with Crippen molar-refractivity contribution < 1.29 is 9.53 Å². The number of carbonyl (C=O) groups excluding carboxylic acids is 1. The molecule has 0 spiro atoms. The number of thiophene rings is 1. The number of hydrogen-bond donors (Lipinski definition) is 0. The van der Waals surface area contributed by atoms with E-state index in [2.05, 4.69) is 4.98 Å². The SMILES string of the molecule is Cc1ccc(-c2c(C)sc3ncn(CC(=O)OC(C)C)c(=O)c23)cc1. The molecular formula is C19H20N2O3S. The third kappa shape index (κ3) is 3.49. The van der Waals surface area contributed by atoms with Gasteiger partial charge in [-0.1, -0.05) is 29.8 Å². The molecule has 2 aromatic heterocycles. The van der Waals surface area contributed by atoms with Crippen molar-refractivity contribution in [3.63, 3.8) is 0 Å². The molecule has 0 unspecified atom stereocenters. The van der Waals surface area contributed by atoms with Crippen molar-refractivity contribution in [2.75, 3.05) is 0 Å². The highest BCUT2D eigenvalue weighted by Gasteiger charge is 2.18. The Morgan fingerprint density at radius 3 is 2.56 bits per heavy atom. The molecule has 5 nitrogen and oxygen atoms in total. The molecule has 0 aliphatic heterocycles. The maximum atomic E-state index is 12.9. The van der Waals surface area contributed by atoms with Crippen LogP contribution in [0.3, 0.4) is 0 Å². The highest BCUT2D eigenvalue weighted by atomic mass is 32.1. The van der Waals surface area contributed by atoms with Gasteiger partial charge in [0.15, 0.2) is 0 Å². The van der Waals surface area contributed by atoms with Gasteiger partial charge in [0.2, 0.25) is 0 Å². The summed E-state index contributed by atoms with van der Waals surface area (Å²) in [6.45, 7) is 7.43. The van der Waals surface area contributed by atoms with Crippen molar-refractivity contribution in [3.05, 3.63) is 51.4 Å². The minimum atomic E-state index is -0.443. The van der Waals surface area contributed by atoms with Crippen molar-refractivity contribution in [1.29, 1.82) is 0 Å². The van der Waals surface area contributed by atoms with Gasteiger partial charge in [0.1, 0.15) is 11.4 Å². The first-order valence-electron chi connectivity index (χ1n) is 8.12. The lowest BCUT2D eigenvalue weighted by Crippen LogP contribution is -2.26. The Labute approximate surface area is 149 Å². The summed E-state index contributed by atoms with van der Waals surface area (Å²) < 4.78 is 6.45. The predicted molar refractivity (Wildman–Crippen MR) is 100 cm³/mol. The lowest BCUT2D eigenvalue weighted by molar-refractivity contribution is -0.148. The lowest BCUT2D eigenvalue weighted by atomic mass is 10.0. The minimum absolute atomic E-state index is 0.137. The van der Waals surface area contributed by atoms with Gasteiger partial charge in [0.25, 0.3) is 5.56 Å². The van der Waals surface area contributed by atoms with Crippen LogP contribution in [0, 0.1) is 13.8 Å². The van der Waals surface area contributed by atoms with E-state index < -0.39 is 5.97 Å². The number of aryl methyl sites for hydroxylation is 2.